The number of nitrogens with one attached hydrogen (secondary N) is 2. The van der Waals surface area contributed by atoms with Crippen LogP contribution in [0.5, 0.6) is 5.75 Å². The zero-order valence-corrected chi connectivity index (χ0v) is 13.0. The number of amides is 3. The molecule has 0 atom stereocenters. The fraction of sp³-hybridized carbons (Fsp3) is 0.438. The largest absolute Gasteiger partial charge is 0.483 e. The molecule has 7 nitrogen and oxygen atoms in total. The number of imide groups is 1. The van der Waals surface area contributed by atoms with E-state index < -0.39 is 17.9 Å². The van der Waals surface area contributed by atoms with Crippen molar-refractivity contribution in [2.75, 3.05) is 13.7 Å². The second-order valence-corrected chi connectivity index (χ2v) is 5.28. The van der Waals surface area contributed by atoms with Crippen molar-refractivity contribution in [1.82, 2.24) is 10.6 Å². The van der Waals surface area contributed by atoms with Crippen molar-refractivity contribution in [3.8, 4) is 5.75 Å². The molecular formula is C16H20N2O5. The van der Waals surface area contributed by atoms with Gasteiger partial charge in [0.15, 0.2) is 6.61 Å². The number of carbonyl (C=O) groups excluding carboxylic acids is 3. The quantitative estimate of drug-likeness (QED) is 0.804. The van der Waals surface area contributed by atoms with Crippen molar-refractivity contribution < 1.29 is 23.9 Å². The van der Waals surface area contributed by atoms with Gasteiger partial charge in [-0.1, -0.05) is 25.0 Å². The standard InChI is InChI=1S/C16H20N2O5/c1-22-15(20)12-8-4-5-9-13(12)23-10-14(19)18-16(21)17-11-6-2-3-7-11/h4-5,8-9,11H,2-3,6-7,10H2,1H3,(H2,17,18,19,21). The topological polar surface area (TPSA) is 93.7 Å². The molecule has 2 N–H and O–H groups in total. The van der Waals surface area contributed by atoms with Crippen LogP contribution in [-0.4, -0.2) is 37.7 Å². The Morgan fingerprint density at radius 2 is 1.87 bits per heavy atom. The number of urea groups is 1. The minimum Gasteiger partial charge on any atom is -0.483 e. The van der Waals surface area contributed by atoms with Crippen molar-refractivity contribution in [1.29, 1.82) is 0 Å². The number of benzene rings is 1. The van der Waals surface area contributed by atoms with Gasteiger partial charge < -0.3 is 14.8 Å². The lowest BCUT2D eigenvalue weighted by Gasteiger charge is -2.13. The zero-order valence-electron chi connectivity index (χ0n) is 13.0. The number of esters is 1. The van der Waals surface area contributed by atoms with Crippen LogP contribution in [-0.2, 0) is 9.53 Å². The smallest absolute Gasteiger partial charge is 0.341 e. The highest BCUT2D eigenvalue weighted by Gasteiger charge is 2.19. The van der Waals surface area contributed by atoms with Crippen LogP contribution in [0.15, 0.2) is 24.3 Å². The van der Waals surface area contributed by atoms with E-state index in [-0.39, 0.29) is 24.0 Å². The SMILES string of the molecule is COC(=O)c1ccccc1OCC(=O)NC(=O)NC1CCCC1. The molecule has 0 radical (unpaired) electrons. The summed E-state index contributed by atoms with van der Waals surface area (Å²) in [5.41, 5.74) is 0.221. The molecule has 0 unspecified atom stereocenters. The van der Waals surface area contributed by atoms with Gasteiger partial charge in [-0.3, -0.25) is 10.1 Å². The van der Waals surface area contributed by atoms with Crippen LogP contribution in [0.2, 0.25) is 0 Å². The summed E-state index contributed by atoms with van der Waals surface area (Å²) in [6, 6.07) is 6.03. The minimum atomic E-state index is -0.583. The van der Waals surface area contributed by atoms with E-state index in [9.17, 15) is 14.4 Å². The first-order valence-electron chi connectivity index (χ1n) is 7.50. The van der Waals surface area contributed by atoms with Gasteiger partial charge in [0.1, 0.15) is 11.3 Å². The number of hydrogen-bond acceptors (Lipinski definition) is 5. The van der Waals surface area contributed by atoms with E-state index >= 15 is 0 Å². The number of ether oxygens (including phenoxy) is 2. The summed E-state index contributed by atoms with van der Waals surface area (Å²) in [5.74, 6) is -0.911. The molecule has 1 fully saturated rings. The Labute approximate surface area is 134 Å². The molecule has 2 rings (SSSR count). The Kier molecular flexibility index (Phi) is 5.96. The molecule has 0 spiro atoms. The van der Waals surface area contributed by atoms with Gasteiger partial charge in [0.25, 0.3) is 5.91 Å². The summed E-state index contributed by atoms with van der Waals surface area (Å²) in [5, 5.41) is 4.96. The van der Waals surface area contributed by atoms with Gasteiger partial charge in [-0.05, 0) is 25.0 Å². The van der Waals surface area contributed by atoms with Crippen LogP contribution < -0.4 is 15.4 Å². The first kappa shape index (κ1) is 16.8. The van der Waals surface area contributed by atoms with Crippen LogP contribution in [0.4, 0.5) is 4.79 Å². The van der Waals surface area contributed by atoms with Crippen LogP contribution in [0, 0.1) is 0 Å². The molecule has 0 heterocycles. The molecular weight excluding hydrogens is 300 g/mol. The monoisotopic (exact) mass is 320 g/mol. The summed E-state index contributed by atoms with van der Waals surface area (Å²) < 4.78 is 9.94. The first-order valence-corrected chi connectivity index (χ1v) is 7.50. The highest BCUT2D eigenvalue weighted by molar-refractivity contribution is 5.95. The molecule has 124 valence electrons. The van der Waals surface area contributed by atoms with Crippen molar-refractivity contribution in [2.45, 2.75) is 31.7 Å². The number of methoxy groups -OCH3 is 1. The number of hydrogen-bond donors (Lipinski definition) is 2. The molecule has 1 saturated carbocycles. The zero-order chi connectivity index (χ0) is 16.7. The van der Waals surface area contributed by atoms with Crippen molar-refractivity contribution >= 4 is 17.9 Å². The van der Waals surface area contributed by atoms with Gasteiger partial charge in [0.05, 0.1) is 7.11 Å². The van der Waals surface area contributed by atoms with Gasteiger partial charge >= 0.3 is 12.0 Å². The van der Waals surface area contributed by atoms with Crippen molar-refractivity contribution in [2.24, 2.45) is 0 Å². The van der Waals surface area contributed by atoms with Gasteiger partial charge in [0, 0.05) is 6.04 Å². The summed E-state index contributed by atoms with van der Waals surface area (Å²) in [6.07, 6.45) is 4.05. The molecule has 7 heteroatoms. The molecule has 1 aliphatic carbocycles. The van der Waals surface area contributed by atoms with E-state index in [4.69, 9.17) is 4.74 Å². The van der Waals surface area contributed by atoms with Gasteiger partial charge in [0.2, 0.25) is 0 Å². The normalized spacial score (nSPS) is 14.1. The third kappa shape index (κ3) is 4.98. The molecule has 0 aliphatic heterocycles. The van der Waals surface area contributed by atoms with Gasteiger partial charge in [-0.2, -0.15) is 0 Å². The molecule has 1 aliphatic rings. The fourth-order valence-electron chi connectivity index (χ4n) is 2.47. The lowest BCUT2D eigenvalue weighted by molar-refractivity contribution is -0.122. The summed E-state index contributed by atoms with van der Waals surface area (Å²) in [4.78, 5) is 35.0. The van der Waals surface area contributed by atoms with Crippen molar-refractivity contribution in [3.05, 3.63) is 29.8 Å². The van der Waals surface area contributed by atoms with Gasteiger partial charge in [-0.25, -0.2) is 9.59 Å². The Hall–Kier alpha value is -2.57. The Morgan fingerprint density at radius 1 is 1.17 bits per heavy atom. The second kappa shape index (κ2) is 8.17. The molecule has 3 amide bonds. The molecule has 1 aromatic carbocycles. The summed E-state index contributed by atoms with van der Waals surface area (Å²) in [6.45, 7) is -0.369. The van der Waals surface area contributed by atoms with Gasteiger partial charge in [-0.15, -0.1) is 0 Å². The Bertz CT molecular complexity index is 582. The third-order valence-electron chi connectivity index (χ3n) is 3.59. The van der Waals surface area contributed by atoms with Crippen LogP contribution in [0.25, 0.3) is 0 Å². The molecule has 0 bridgehead atoms. The maximum Gasteiger partial charge on any atom is 0.341 e. The number of para-hydroxylation sites is 1. The van der Waals surface area contributed by atoms with E-state index in [1.807, 2.05) is 0 Å². The number of carbonyl (C=O) groups is 3. The minimum absolute atomic E-state index is 0.128. The predicted octanol–water partition coefficient (Wildman–Crippen LogP) is 1.62. The first-order chi connectivity index (χ1) is 11.1. The van der Waals surface area contributed by atoms with Crippen molar-refractivity contribution in [3.63, 3.8) is 0 Å². The molecule has 1 aromatic rings. The number of rotatable bonds is 5. The predicted molar refractivity (Wildman–Crippen MR) is 82.2 cm³/mol. The average molecular weight is 320 g/mol. The van der Waals surface area contributed by atoms with Crippen LogP contribution in [0.3, 0.4) is 0 Å². The lowest BCUT2D eigenvalue weighted by atomic mass is 10.2. The maximum atomic E-state index is 11.7. The summed E-state index contributed by atoms with van der Waals surface area (Å²) in [7, 11) is 1.26. The molecule has 0 aromatic heterocycles. The van der Waals surface area contributed by atoms with Crippen LogP contribution in [0.1, 0.15) is 36.0 Å². The third-order valence-corrected chi connectivity index (χ3v) is 3.59. The Balaban J connectivity index is 1.82. The van der Waals surface area contributed by atoms with E-state index in [2.05, 4.69) is 15.4 Å². The van der Waals surface area contributed by atoms with E-state index in [0.717, 1.165) is 25.7 Å². The van der Waals surface area contributed by atoms with E-state index in [0.29, 0.717) is 0 Å². The van der Waals surface area contributed by atoms with Crippen LogP contribution >= 0.6 is 0 Å². The van der Waals surface area contributed by atoms with E-state index in [1.54, 1.807) is 18.2 Å². The maximum absolute atomic E-state index is 11.7. The lowest BCUT2D eigenvalue weighted by Crippen LogP contribution is -2.45. The second-order valence-electron chi connectivity index (χ2n) is 5.28. The Morgan fingerprint density at radius 3 is 2.57 bits per heavy atom. The average Bonchev–Trinajstić information content (AvgIpc) is 3.05. The fourth-order valence-corrected chi connectivity index (χ4v) is 2.47. The van der Waals surface area contributed by atoms with E-state index in [1.165, 1.54) is 13.2 Å². The molecule has 23 heavy (non-hydrogen) atoms. The molecule has 0 saturated heterocycles. The highest BCUT2D eigenvalue weighted by Crippen LogP contribution is 2.19. The summed E-state index contributed by atoms with van der Waals surface area (Å²) >= 11 is 0. The highest BCUT2D eigenvalue weighted by atomic mass is 16.5.